The third kappa shape index (κ3) is 6.82. The van der Waals surface area contributed by atoms with Crippen molar-refractivity contribution in [2.75, 3.05) is 26.4 Å². The van der Waals surface area contributed by atoms with Gasteiger partial charge in [-0.2, -0.15) is 10.2 Å². The SMILES string of the molecule is CC(C)(C)[Si](C)(C)Oc1ccc2c(c1)c(-c1cnn(CCCCOCCCO)c1)nn2C1CCCCO1. The second-order valence-corrected chi connectivity index (χ2v) is 16.3. The molecule has 37 heavy (non-hydrogen) atoms. The van der Waals surface area contributed by atoms with Crippen LogP contribution >= 0.6 is 0 Å². The van der Waals surface area contributed by atoms with E-state index in [0.717, 1.165) is 73.2 Å². The van der Waals surface area contributed by atoms with Crippen LogP contribution in [-0.2, 0) is 16.0 Å². The highest BCUT2D eigenvalue weighted by atomic mass is 28.4. The molecular weight excluding hydrogens is 484 g/mol. The fraction of sp³-hybridized carbons (Fsp3) is 0.643. The first kappa shape index (κ1) is 27.8. The van der Waals surface area contributed by atoms with E-state index in [4.69, 9.17) is 24.1 Å². The molecule has 1 fully saturated rings. The van der Waals surface area contributed by atoms with Crippen molar-refractivity contribution in [3.05, 3.63) is 30.6 Å². The van der Waals surface area contributed by atoms with Gasteiger partial charge in [0.1, 0.15) is 11.4 Å². The van der Waals surface area contributed by atoms with Crippen LogP contribution in [0.2, 0.25) is 18.1 Å². The number of hydrogen-bond donors (Lipinski definition) is 1. The van der Waals surface area contributed by atoms with Crippen molar-refractivity contribution in [3.63, 3.8) is 0 Å². The van der Waals surface area contributed by atoms with Crippen molar-refractivity contribution in [1.29, 1.82) is 0 Å². The van der Waals surface area contributed by atoms with Gasteiger partial charge in [-0.15, -0.1) is 0 Å². The Morgan fingerprint density at radius 2 is 1.95 bits per heavy atom. The van der Waals surface area contributed by atoms with Crippen LogP contribution in [0.4, 0.5) is 0 Å². The van der Waals surface area contributed by atoms with Gasteiger partial charge in [0.2, 0.25) is 8.32 Å². The van der Waals surface area contributed by atoms with Gasteiger partial charge < -0.3 is 19.0 Å². The van der Waals surface area contributed by atoms with Gasteiger partial charge in [-0.3, -0.25) is 4.68 Å². The minimum absolute atomic E-state index is 0.0435. The molecule has 1 aromatic carbocycles. The summed E-state index contributed by atoms with van der Waals surface area (Å²) in [6, 6.07) is 6.37. The number of benzene rings is 1. The molecule has 1 unspecified atom stereocenters. The number of aromatic nitrogens is 4. The number of aliphatic hydroxyl groups is 1. The summed E-state index contributed by atoms with van der Waals surface area (Å²) in [6.45, 7) is 14.4. The molecule has 0 bridgehead atoms. The van der Waals surface area contributed by atoms with Crippen molar-refractivity contribution in [3.8, 4) is 17.0 Å². The highest BCUT2D eigenvalue weighted by Gasteiger charge is 2.39. The number of aliphatic hydroxyl groups excluding tert-OH is 1. The van der Waals surface area contributed by atoms with Crippen LogP contribution in [0.15, 0.2) is 30.6 Å². The second kappa shape index (κ2) is 12.1. The van der Waals surface area contributed by atoms with E-state index in [1.165, 1.54) is 0 Å². The number of aryl methyl sites for hydroxylation is 1. The van der Waals surface area contributed by atoms with Gasteiger partial charge in [-0.05, 0) is 74.9 Å². The summed E-state index contributed by atoms with van der Waals surface area (Å²) in [7, 11) is -1.97. The predicted octanol–water partition coefficient (Wildman–Crippen LogP) is 6.16. The Hall–Kier alpha value is -2.20. The van der Waals surface area contributed by atoms with Gasteiger partial charge >= 0.3 is 0 Å². The monoisotopic (exact) mass is 528 g/mol. The summed E-state index contributed by atoms with van der Waals surface area (Å²) in [5.74, 6) is 0.901. The molecular formula is C28H44N4O4Si. The van der Waals surface area contributed by atoms with Gasteiger partial charge in [0.15, 0.2) is 6.23 Å². The molecule has 1 saturated heterocycles. The minimum atomic E-state index is -1.97. The third-order valence-electron chi connectivity index (χ3n) is 7.56. The van der Waals surface area contributed by atoms with E-state index in [0.29, 0.717) is 19.6 Å². The van der Waals surface area contributed by atoms with E-state index in [9.17, 15) is 0 Å². The minimum Gasteiger partial charge on any atom is -0.543 e. The molecule has 3 aromatic rings. The fourth-order valence-electron chi connectivity index (χ4n) is 4.34. The Balaban J connectivity index is 1.57. The largest absolute Gasteiger partial charge is 0.543 e. The molecule has 3 heterocycles. The van der Waals surface area contributed by atoms with Crippen molar-refractivity contribution >= 4 is 19.2 Å². The number of ether oxygens (including phenoxy) is 2. The molecule has 204 valence electrons. The van der Waals surface area contributed by atoms with Crippen LogP contribution in [0.5, 0.6) is 5.75 Å². The molecule has 1 aliphatic rings. The smallest absolute Gasteiger partial charge is 0.250 e. The normalized spacial score (nSPS) is 17.0. The van der Waals surface area contributed by atoms with Gasteiger partial charge in [-0.25, -0.2) is 4.68 Å². The van der Waals surface area contributed by atoms with Crippen LogP contribution in [0.1, 0.15) is 65.5 Å². The van der Waals surface area contributed by atoms with E-state index in [1.807, 2.05) is 10.9 Å². The summed E-state index contributed by atoms with van der Waals surface area (Å²) in [6.07, 6.45) is 9.81. The van der Waals surface area contributed by atoms with Gasteiger partial charge in [0.05, 0.1) is 11.7 Å². The van der Waals surface area contributed by atoms with E-state index in [2.05, 4.69) is 68.0 Å². The molecule has 4 rings (SSSR count). The molecule has 2 aromatic heterocycles. The standard InChI is InChI=1S/C28H44N4O4Si/c1-28(2,3)37(4,5)36-23-12-13-25-24(19-23)27(30-32(25)26-11-6-8-18-35-26)22-20-29-31(21-22)14-7-9-16-34-17-10-15-33/h12-13,19-21,26,33H,6-11,14-18H2,1-5H3. The Kier molecular flexibility index (Phi) is 9.10. The summed E-state index contributed by atoms with van der Waals surface area (Å²) >= 11 is 0. The van der Waals surface area contributed by atoms with Crippen LogP contribution in [0, 0.1) is 0 Å². The molecule has 0 saturated carbocycles. The summed E-state index contributed by atoms with van der Waals surface area (Å²) in [5, 5.41) is 19.7. The number of rotatable bonds is 12. The zero-order chi connectivity index (χ0) is 26.5. The van der Waals surface area contributed by atoms with Gasteiger partial charge in [0.25, 0.3) is 0 Å². The molecule has 0 aliphatic carbocycles. The highest BCUT2D eigenvalue weighted by molar-refractivity contribution is 6.74. The number of hydrogen-bond acceptors (Lipinski definition) is 6. The van der Waals surface area contributed by atoms with Gasteiger partial charge in [-0.1, -0.05) is 20.8 Å². The average molecular weight is 529 g/mol. The van der Waals surface area contributed by atoms with Gasteiger partial charge in [0, 0.05) is 50.1 Å². The molecule has 1 aliphatic heterocycles. The number of unbranched alkanes of at least 4 members (excludes halogenated alkanes) is 1. The molecule has 1 atom stereocenters. The maximum absolute atomic E-state index is 8.84. The molecule has 9 heteroatoms. The highest BCUT2D eigenvalue weighted by Crippen LogP contribution is 2.39. The lowest BCUT2D eigenvalue weighted by molar-refractivity contribution is -0.0365. The molecule has 0 radical (unpaired) electrons. The van der Waals surface area contributed by atoms with Crippen LogP contribution < -0.4 is 4.43 Å². The van der Waals surface area contributed by atoms with E-state index in [-0.39, 0.29) is 17.9 Å². The van der Waals surface area contributed by atoms with E-state index < -0.39 is 8.32 Å². The summed E-state index contributed by atoms with van der Waals surface area (Å²) < 4.78 is 22.3. The first-order valence-corrected chi connectivity index (χ1v) is 16.6. The third-order valence-corrected chi connectivity index (χ3v) is 11.9. The van der Waals surface area contributed by atoms with Crippen LogP contribution in [0.3, 0.4) is 0 Å². The Morgan fingerprint density at radius 3 is 2.68 bits per heavy atom. The van der Waals surface area contributed by atoms with Crippen LogP contribution in [-0.4, -0.2) is 59.4 Å². The maximum atomic E-state index is 8.84. The van der Waals surface area contributed by atoms with Crippen LogP contribution in [0.25, 0.3) is 22.2 Å². The first-order chi connectivity index (χ1) is 17.7. The lowest BCUT2D eigenvalue weighted by Crippen LogP contribution is -2.43. The summed E-state index contributed by atoms with van der Waals surface area (Å²) in [4.78, 5) is 0. The predicted molar refractivity (Wildman–Crippen MR) is 149 cm³/mol. The lowest BCUT2D eigenvalue weighted by Gasteiger charge is -2.36. The lowest BCUT2D eigenvalue weighted by atomic mass is 10.1. The zero-order valence-electron chi connectivity index (χ0n) is 23.2. The Labute approximate surface area is 222 Å². The number of fused-ring (bicyclic) bond motifs is 1. The van der Waals surface area contributed by atoms with Crippen molar-refractivity contribution < 1.29 is 19.0 Å². The zero-order valence-corrected chi connectivity index (χ0v) is 24.2. The topological polar surface area (TPSA) is 83.6 Å². The molecule has 8 nitrogen and oxygen atoms in total. The van der Waals surface area contributed by atoms with Crippen molar-refractivity contribution in [1.82, 2.24) is 19.6 Å². The molecule has 0 amide bonds. The van der Waals surface area contributed by atoms with E-state index in [1.54, 1.807) is 0 Å². The average Bonchev–Trinajstić information content (AvgIpc) is 3.47. The number of nitrogens with zero attached hydrogens (tertiary/aromatic N) is 4. The quantitative estimate of drug-likeness (QED) is 0.224. The maximum Gasteiger partial charge on any atom is 0.250 e. The molecule has 1 N–H and O–H groups in total. The van der Waals surface area contributed by atoms with E-state index >= 15 is 0 Å². The second-order valence-electron chi connectivity index (χ2n) is 11.5. The Morgan fingerprint density at radius 1 is 1.14 bits per heavy atom. The first-order valence-electron chi connectivity index (χ1n) is 13.7. The summed E-state index contributed by atoms with van der Waals surface area (Å²) in [5.41, 5.74) is 2.99. The fourth-order valence-corrected chi connectivity index (χ4v) is 5.36. The Bertz CT molecular complexity index is 1140. The van der Waals surface area contributed by atoms with Crippen molar-refractivity contribution in [2.24, 2.45) is 0 Å². The molecule has 0 spiro atoms. The van der Waals surface area contributed by atoms with Crippen molar-refractivity contribution in [2.45, 2.75) is 90.2 Å².